The molecule has 2 unspecified atom stereocenters. The number of ether oxygens (including phenoxy) is 1. The smallest absolute Gasteiger partial charge is 0.0951 e. The largest absolute Gasteiger partial charge is 0.381 e. The Kier molecular flexibility index (Phi) is 4.96. The predicted octanol–water partition coefficient (Wildman–Crippen LogP) is 1.40. The number of piperidine rings is 1. The first-order valence-electron chi connectivity index (χ1n) is 7.13. The molecule has 1 aromatic heterocycles. The van der Waals surface area contributed by atoms with Crippen LogP contribution in [0.2, 0.25) is 0 Å². The number of aromatic nitrogens is 2. The molecule has 0 spiro atoms. The van der Waals surface area contributed by atoms with Crippen molar-refractivity contribution in [2.45, 2.75) is 51.4 Å². The summed E-state index contributed by atoms with van der Waals surface area (Å²) in [4.78, 5) is 6.73. The van der Waals surface area contributed by atoms with Crippen LogP contribution in [-0.2, 0) is 11.3 Å². The highest BCUT2D eigenvalue weighted by Gasteiger charge is 2.28. The lowest BCUT2D eigenvalue weighted by Crippen LogP contribution is -2.48. The minimum Gasteiger partial charge on any atom is -0.381 e. The van der Waals surface area contributed by atoms with E-state index in [2.05, 4.69) is 28.3 Å². The molecular weight excluding hydrogens is 240 g/mol. The molecule has 1 saturated heterocycles. The zero-order chi connectivity index (χ0) is 13.8. The quantitative estimate of drug-likeness (QED) is 0.875. The molecule has 0 aromatic carbocycles. The fourth-order valence-electron chi connectivity index (χ4n) is 2.86. The van der Waals surface area contributed by atoms with Crippen LogP contribution in [0.15, 0.2) is 12.5 Å². The minimum absolute atomic E-state index is 0.361. The Labute approximate surface area is 115 Å². The van der Waals surface area contributed by atoms with Crippen LogP contribution in [0.5, 0.6) is 0 Å². The van der Waals surface area contributed by atoms with E-state index < -0.39 is 0 Å². The van der Waals surface area contributed by atoms with Crippen molar-refractivity contribution in [3.05, 3.63) is 18.2 Å². The molecule has 0 aliphatic carbocycles. The molecule has 0 radical (unpaired) electrons. The monoisotopic (exact) mass is 266 g/mol. The highest BCUT2D eigenvalue weighted by molar-refractivity contribution is 5.01. The molecule has 5 nitrogen and oxygen atoms in total. The fraction of sp³-hybridized carbons (Fsp3) is 0.786. The van der Waals surface area contributed by atoms with Gasteiger partial charge in [0.15, 0.2) is 0 Å². The third-order valence-corrected chi connectivity index (χ3v) is 4.06. The van der Waals surface area contributed by atoms with Gasteiger partial charge in [0, 0.05) is 45.0 Å². The number of hydrogen-bond donors (Lipinski definition) is 1. The van der Waals surface area contributed by atoms with E-state index in [0.29, 0.717) is 24.7 Å². The highest BCUT2D eigenvalue weighted by atomic mass is 16.5. The third-order valence-electron chi connectivity index (χ3n) is 4.06. The summed E-state index contributed by atoms with van der Waals surface area (Å²) in [5.74, 6) is 0. The second-order valence-corrected chi connectivity index (χ2v) is 5.63. The van der Waals surface area contributed by atoms with Crippen molar-refractivity contribution in [2.24, 2.45) is 5.73 Å². The van der Waals surface area contributed by atoms with Gasteiger partial charge in [-0.05, 0) is 26.7 Å². The van der Waals surface area contributed by atoms with E-state index >= 15 is 0 Å². The first-order chi connectivity index (χ1) is 9.15. The van der Waals surface area contributed by atoms with Crippen molar-refractivity contribution in [2.75, 3.05) is 20.2 Å². The third kappa shape index (κ3) is 3.35. The van der Waals surface area contributed by atoms with Gasteiger partial charge in [0.05, 0.1) is 18.1 Å². The van der Waals surface area contributed by atoms with Crippen LogP contribution in [-0.4, -0.2) is 46.8 Å². The van der Waals surface area contributed by atoms with Gasteiger partial charge >= 0.3 is 0 Å². The van der Waals surface area contributed by atoms with Crippen LogP contribution < -0.4 is 5.73 Å². The number of rotatable bonds is 5. The molecule has 1 aliphatic rings. The Morgan fingerprint density at radius 2 is 2.32 bits per heavy atom. The molecule has 19 heavy (non-hydrogen) atoms. The van der Waals surface area contributed by atoms with Crippen LogP contribution in [0.1, 0.15) is 38.4 Å². The van der Waals surface area contributed by atoms with Crippen molar-refractivity contribution in [1.29, 1.82) is 0 Å². The number of nitrogens with two attached hydrogens (primary N) is 1. The number of methoxy groups -OCH3 is 1. The second kappa shape index (κ2) is 6.50. The molecule has 0 saturated carbocycles. The van der Waals surface area contributed by atoms with E-state index in [4.69, 9.17) is 10.5 Å². The van der Waals surface area contributed by atoms with Gasteiger partial charge in [0.25, 0.3) is 0 Å². The van der Waals surface area contributed by atoms with Crippen molar-refractivity contribution in [3.8, 4) is 0 Å². The van der Waals surface area contributed by atoms with E-state index in [1.54, 1.807) is 7.11 Å². The zero-order valence-electron chi connectivity index (χ0n) is 12.2. The highest BCUT2D eigenvalue weighted by Crippen LogP contribution is 2.22. The van der Waals surface area contributed by atoms with E-state index in [-0.39, 0.29) is 0 Å². The molecule has 1 fully saturated rings. The van der Waals surface area contributed by atoms with Crippen LogP contribution in [0.3, 0.4) is 0 Å². The molecule has 0 amide bonds. The van der Waals surface area contributed by atoms with Crippen LogP contribution in [0.4, 0.5) is 0 Å². The molecule has 2 atom stereocenters. The minimum atomic E-state index is 0.361. The van der Waals surface area contributed by atoms with Crippen molar-refractivity contribution < 1.29 is 4.74 Å². The summed E-state index contributed by atoms with van der Waals surface area (Å²) in [6.07, 6.45) is 6.36. The summed E-state index contributed by atoms with van der Waals surface area (Å²) in [6.45, 7) is 7.03. The van der Waals surface area contributed by atoms with Gasteiger partial charge in [-0.3, -0.25) is 4.90 Å². The first kappa shape index (κ1) is 14.5. The average Bonchev–Trinajstić information content (AvgIpc) is 2.87. The summed E-state index contributed by atoms with van der Waals surface area (Å²) in [5, 5.41) is 0. The molecule has 108 valence electrons. The standard InChI is InChI=1S/C14H26N4O/c1-11(2)18-10-16-8-13(18)9-17-5-4-14(19-3)6-12(17)7-15/h8,10-12,14H,4-7,9,15H2,1-3H3. The van der Waals surface area contributed by atoms with Gasteiger partial charge < -0.3 is 15.0 Å². The van der Waals surface area contributed by atoms with E-state index in [9.17, 15) is 0 Å². The second-order valence-electron chi connectivity index (χ2n) is 5.63. The topological polar surface area (TPSA) is 56.3 Å². The lowest BCUT2D eigenvalue weighted by Gasteiger charge is -2.38. The molecule has 2 rings (SSSR count). The number of imidazole rings is 1. The molecule has 2 N–H and O–H groups in total. The molecule has 2 heterocycles. The Morgan fingerprint density at radius 3 is 2.95 bits per heavy atom. The van der Waals surface area contributed by atoms with Crippen molar-refractivity contribution in [3.63, 3.8) is 0 Å². The summed E-state index contributed by atoms with van der Waals surface area (Å²) >= 11 is 0. The summed E-state index contributed by atoms with van der Waals surface area (Å²) in [7, 11) is 1.79. The van der Waals surface area contributed by atoms with Gasteiger partial charge in [0.2, 0.25) is 0 Å². The van der Waals surface area contributed by atoms with Gasteiger partial charge in [-0.25, -0.2) is 4.98 Å². The van der Waals surface area contributed by atoms with Crippen molar-refractivity contribution >= 4 is 0 Å². The van der Waals surface area contributed by atoms with Crippen LogP contribution in [0.25, 0.3) is 0 Å². The Hall–Kier alpha value is -0.910. The van der Waals surface area contributed by atoms with Gasteiger partial charge in [-0.1, -0.05) is 0 Å². The maximum atomic E-state index is 5.92. The fourth-order valence-corrected chi connectivity index (χ4v) is 2.86. The Bertz CT molecular complexity index is 391. The average molecular weight is 266 g/mol. The molecule has 0 bridgehead atoms. The van der Waals surface area contributed by atoms with Crippen LogP contribution in [0, 0.1) is 0 Å². The van der Waals surface area contributed by atoms with Gasteiger partial charge in [0.1, 0.15) is 0 Å². The Balaban J connectivity index is 2.03. The molecule has 1 aromatic rings. The summed E-state index contributed by atoms with van der Waals surface area (Å²) in [6, 6.07) is 0.861. The maximum Gasteiger partial charge on any atom is 0.0951 e. The normalized spacial score (nSPS) is 25.1. The molecule has 1 aliphatic heterocycles. The van der Waals surface area contributed by atoms with Gasteiger partial charge in [-0.15, -0.1) is 0 Å². The van der Waals surface area contributed by atoms with Crippen molar-refractivity contribution in [1.82, 2.24) is 14.5 Å². The van der Waals surface area contributed by atoms with E-state index in [0.717, 1.165) is 25.9 Å². The van der Waals surface area contributed by atoms with E-state index in [1.165, 1.54) is 5.69 Å². The lowest BCUT2D eigenvalue weighted by molar-refractivity contribution is 0.00933. The van der Waals surface area contributed by atoms with Gasteiger partial charge in [-0.2, -0.15) is 0 Å². The van der Waals surface area contributed by atoms with Crippen LogP contribution >= 0.6 is 0 Å². The number of likely N-dealkylation sites (tertiary alicyclic amines) is 1. The predicted molar refractivity (Wildman–Crippen MR) is 75.9 cm³/mol. The summed E-state index contributed by atoms with van der Waals surface area (Å²) in [5.41, 5.74) is 7.19. The SMILES string of the molecule is COC1CCN(Cc2cncn2C(C)C)C(CN)C1. The molecular formula is C14H26N4O. The number of nitrogens with zero attached hydrogens (tertiary/aromatic N) is 3. The number of hydrogen-bond acceptors (Lipinski definition) is 4. The lowest BCUT2D eigenvalue weighted by atomic mass is 9.99. The summed E-state index contributed by atoms with van der Waals surface area (Å²) < 4.78 is 7.70. The first-order valence-corrected chi connectivity index (χ1v) is 7.13. The zero-order valence-corrected chi connectivity index (χ0v) is 12.2. The van der Waals surface area contributed by atoms with E-state index in [1.807, 2.05) is 12.5 Å². The Morgan fingerprint density at radius 1 is 1.53 bits per heavy atom. The maximum absolute atomic E-state index is 5.92. The molecule has 5 heteroatoms.